The minimum atomic E-state index is -0.618. The fraction of sp³-hybridized carbons (Fsp3) is 0.227. The highest BCUT2D eigenvalue weighted by atomic mass is 35.5. The third-order valence-electron chi connectivity index (χ3n) is 5.07. The van der Waals surface area contributed by atoms with Crippen molar-refractivity contribution in [1.29, 1.82) is 0 Å². The van der Waals surface area contributed by atoms with Crippen LogP contribution in [0.1, 0.15) is 35.4 Å². The Morgan fingerprint density at radius 1 is 1.26 bits per heavy atom. The van der Waals surface area contributed by atoms with Crippen molar-refractivity contribution in [3.05, 3.63) is 71.3 Å². The molecule has 31 heavy (non-hydrogen) atoms. The van der Waals surface area contributed by atoms with Gasteiger partial charge in [-0.3, -0.25) is 4.79 Å². The maximum Gasteiger partial charge on any atom is 0.268 e. The summed E-state index contributed by atoms with van der Waals surface area (Å²) in [5.41, 5.74) is 8.85. The van der Waals surface area contributed by atoms with Gasteiger partial charge in [-0.2, -0.15) is 0 Å². The molecule has 0 spiro atoms. The third kappa shape index (κ3) is 5.07. The van der Waals surface area contributed by atoms with Crippen LogP contribution in [0.4, 0.5) is 0 Å². The van der Waals surface area contributed by atoms with E-state index in [0.717, 1.165) is 16.6 Å². The van der Waals surface area contributed by atoms with E-state index in [4.69, 9.17) is 21.8 Å². The predicted molar refractivity (Wildman–Crippen MR) is 121 cm³/mol. The second-order valence-corrected chi connectivity index (χ2v) is 7.68. The maximum atomic E-state index is 11.3. The van der Waals surface area contributed by atoms with E-state index in [0.29, 0.717) is 29.3 Å². The smallest absolute Gasteiger partial charge is 0.268 e. The molecule has 0 saturated carbocycles. The number of aliphatic hydroxyl groups is 1. The molecule has 2 atom stereocenters. The molecule has 0 bridgehead atoms. The Morgan fingerprint density at radius 2 is 2.00 bits per heavy atom. The van der Waals surface area contributed by atoms with Gasteiger partial charge in [0.2, 0.25) is 5.89 Å². The highest BCUT2D eigenvalue weighted by Gasteiger charge is 2.19. The van der Waals surface area contributed by atoms with E-state index >= 15 is 0 Å². The van der Waals surface area contributed by atoms with Gasteiger partial charge < -0.3 is 19.8 Å². The molecule has 4 rings (SSSR count). The molecule has 0 aliphatic rings. The lowest BCUT2D eigenvalue weighted by molar-refractivity contribution is 0.0994. The molecule has 2 aromatic heterocycles. The SMILES string of the molecule is C[C@H](O)[C@@H](CCc1ccc2oc(-c3ccc(Cl)cc3)nc2c1)n1cnc(C(N)=O)c1.Cl. The monoisotopic (exact) mass is 460 g/mol. The van der Waals surface area contributed by atoms with Gasteiger partial charge in [0, 0.05) is 16.8 Å². The van der Waals surface area contributed by atoms with Gasteiger partial charge in [0.15, 0.2) is 5.58 Å². The molecule has 0 unspecified atom stereocenters. The number of primary amides is 1. The number of carbonyl (C=O) groups is 1. The summed E-state index contributed by atoms with van der Waals surface area (Å²) in [6, 6.07) is 13.0. The topological polar surface area (TPSA) is 107 Å². The first-order valence-electron chi connectivity index (χ1n) is 9.57. The van der Waals surface area contributed by atoms with Gasteiger partial charge >= 0.3 is 0 Å². The van der Waals surface area contributed by atoms with Crippen LogP contribution in [0.25, 0.3) is 22.6 Å². The van der Waals surface area contributed by atoms with E-state index in [1.165, 1.54) is 6.33 Å². The maximum absolute atomic E-state index is 11.3. The summed E-state index contributed by atoms with van der Waals surface area (Å²) in [5, 5.41) is 10.9. The van der Waals surface area contributed by atoms with Gasteiger partial charge in [0.25, 0.3) is 5.91 Å². The molecule has 0 aliphatic heterocycles. The number of nitrogens with zero attached hydrogens (tertiary/aromatic N) is 3. The quantitative estimate of drug-likeness (QED) is 0.424. The number of imidazole rings is 1. The van der Waals surface area contributed by atoms with Crippen molar-refractivity contribution in [3.8, 4) is 11.5 Å². The van der Waals surface area contributed by atoms with Gasteiger partial charge in [-0.15, -0.1) is 12.4 Å². The summed E-state index contributed by atoms with van der Waals surface area (Å²) >= 11 is 5.94. The van der Waals surface area contributed by atoms with Gasteiger partial charge in [-0.25, -0.2) is 9.97 Å². The molecule has 0 aliphatic carbocycles. The third-order valence-corrected chi connectivity index (χ3v) is 5.32. The first-order chi connectivity index (χ1) is 14.4. The summed E-state index contributed by atoms with van der Waals surface area (Å²) in [7, 11) is 0. The van der Waals surface area contributed by atoms with Crippen LogP contribution in [0.15, 0.2) is 59.4 Å². The Hall–Kier alpha value is -2.87. The van der Waals surface area contributed by atoms with Crippen molar-refractivity contribution in [3.63, 3.8) is 0 Å². The van der Waals surface area contributed by atoms with E-state index in [2.05, 4.69) is 9.97 Å². The van der Waals surface area contributed by atoms with Crippen molar-refractivity contribution in [1.82, 2.24) is 14.5 Å². The number of rotatable bonds is 7. The number of oxazole rings is 1. The standard InChI is InChI=1S/C22H21ClN4O3.ClH/c1-13(28)19(27-11-18(21(24)29)25-12-27)8-2-14-3-9-20-17(10-14)26-22(30-20)15-4-6-16(23)7-5-15;/h3-7,9-13,19,28H,2,8H2,1H3,(H2,24,29);1H/t13-,19+;/m0./s1. The highest BCUT2D eigenvalue weighted by Crippen LogP contribution is 2.27. The number of fused-ring (bicyclic) bond motifs is 1. The Bertz CT molecular complexity index is 1190. The average molecular weight is 461 g/mol. The first-order valence-corrected chi connectivity index (χ1v) is 9.95. The molecule has 162 valence electrons. The van der Waals surface area contributed by atoms with E-state index in [9.17, 15) is 9.90 Å². The number of amides is 1. The molecule has 2 heterocycles. The van der Waals surface area contributed by atoms with Crippen molar-refractivity contribution >= 4 is 41.0 Å². The van der Waals surface area contributed by atoms with Gasteiger partial charge in [0.1, 0.15) is 11.2 Å². The first kappa shape index (κ1) is 22.8. The van der Waals surface area contributed by atoms with Gasteiger partial charge in [-0.05, 0) is 61.7 Å². The lowest BCUT2D eigenvalue weighted by Gasteiger charge is -2.21. The Morgan fingerprint density at radius 3 is 2.65 bits per heavy atom. The van der Waals surface area contributed by atoms with Gasteiger partial charge in [0.05, 0.1) is 18.5 Å². The zero-order valence-electron chi connectivity index (χ0n) is 16.7. The molecule has 0 fully saturated rings. The average Bonchev–Trinajstić information content (AvgIpc) is 3.35. The van der Waals surface area contributed by atoms with Crippen molar-refractivity contribution in [2.24, 2.45) is 5.73 Å². The summed E-state index contributed by atoms with van der Waals surface area (Å²) in [5.74, 6) is -0.0517. The summed E-state index contributed by atoms with van der Waals surface area (Å²) in [4.78, 5) is 19.9. The number of nitrogens with two attached hydrogens (primary N) is 1. The van der Waals surface area contributed by atoms with Crippen LogP contribution in [-0.4, -0.2) is 31.7 Å². The molecule has 1 amide bonds. The summed E-state index contributed by atoms with van der Waals surface area (Å²) in [6.45, 7) is 1.72. The number of hydrogen-bond acceptors (Lipinski definition) is 5. The number of carbonyl (C=O) groups excluding carboxylic acids is 1. The molecule has 0 saturated heterocycles. The number of hydrogen-bond donors (Lipinski definition) is 2. The Kier molecular flexibility index (Phi) is 7.00. The fourth-order valence-electron chi connectivity index (χ4n) is 3.44. The minimum absolute atomic E-state index is 0. The van der Waals surface area contributed by atoms with E-state index in [1.54, 1.807) is 29.8 Å². The van der Waals surface area contributed by atoms with Crippen LogP contribution >= 0.6 is 24.0 Å². The largest absolute Gasteiger partial charge is 0.436 e. The van der Waals surface area contributed by atoms with Crippen molar-refractivity contribution in [2.45, 2.75) is 31.9 Å². The van der Waals surface area contributed by atoms with Crippen molar-refractivity contribution < 1.29 is 14.3 Å². The molecular weight excluding hydrogens is 439 g/mol. The number of halogens is 2. The zero-order chi connectivity index (χ0) is 21.3. The normalized spacial score (nSPS) is 13.0. The molecule has 7 nitrogen and oxygen atoms in total. The highest BCUT2D eigenvalue weighted by molar-refractivity contribution is 6.30. The van der Waals surface area contributed by atoms with Crippen LogP contribution in [0, 0.1) is 0 Å². The minimum Gasteiger partial charge on any atom is -0.436 e. The number of benzene rings is 2. The molecular formula is C22H22Cl2N4O3. The summed E-state index contributed by atoms with van der Waals surface area (Å²) in [6.07, 6.45) is 3.83. The lowest BCUT2D eigenvalue weighted by atomic mass is 10.0. The van der Waals surface area contributed by atoms with Crippen LogP contribution in [0.3, 0.4) is 0 Å². The molecule has 9 heteroatoms. The van der Waals surface area contributed by atoms with Crippen LogP contribution in [-0.2, 0) is 6.42 Å². The Labute approximate surface area is 190 Å². The second-order valence-electron chi connectivity index (χ2n) is 7.24. The fourth-order valence-corrected chi connectivity index (χ4v) is 3.57. The molecule has 3 N–H and O–H groups in total. The van der Waals surface area contributed by atoms with E-state index < -0.39 is 12.0 Å². The van der Waals surface area contributed by atoms with Crippen LogP contribution in [0.2, 0.25) is 5.02 Å². The second kappa shape index (κ2) is 9.51. The number of aliphatic hydroxyl groups excluding tert-OH is 1. The predicted octanol–water partition coefficient (Wildman–Crippen LogP) is 4.42. The molecule has 4 aromatic rings. The molecule has 0 radical (unpaired) electrons. The Balaban J connectivity index is 0.00000272. The van der Waals surface area contributed by atoms with E-state index in [-0.39, 0.29) is 24.1 Å². The molecule has 2 aromatic carbocycles. The lowest BCUT2D eigenvalue weighted by Crippen LogP contribution is -2.21. The number of aromatic nitrogens is 3. The van der Waals surface area contributed by atoms with Crippen molar-refractivity contribution in [2.75, 3.05) is 0 Å². The zero-order valence-corrected chi connectivity index (χ0v) is 18.3. The van der Waals surface area contributed by atoms with E-state index in [1.807, 2.05) is 30.3 Å². The van der Waals surface area contributed by atoms with Crippen LogP contribution < -0.4 is 5.73 Å². The summed E-state index contributed by atoms with van der Waals surface area (Å²) < 4.78 is 7.59. The van der Waals surface area contributed by atoms with Gasteiger partial charge in [-0.1, -0.05) is 17.7 Å². The van der Waals surface area contributed by atoms with Crippen LogP contribution in [0.5, 0.6) is 0 Å². The number of aryl methyl sites for hydroxylation is 1.